The van der Waals surface area contributed by atoms with Crippen LogP contribution in [-0.4, -0.2) is 28.5 Å². The molecule has 0 radical (unpaired) electrons. The Hall–Kier alpha value is -3.19. The van der Waals surface area contributed by atoms with Crippen molar-refractivity contribution in [3.8, 4) is 0 Å². The number of nitrogens with zero attached hydrogens (tertiary/aromatic N) is 2. The third kappa shape index (κ3) is 6.15. The summed E-state index contributed by atoms with van der Waals surface area (Å²) in [6.45, 7) is 3.33. The number of nitrogens with one attached hydrogen (secondary N) is 1. The van der Waals surface area contributed by atoms with Gasteiger partial charge in [0.15, 0.2) is 0 Å². The van der Waals surface area contributed by atoms with Crippen LogP contribution in [0.25, 0.3) is 0 Å². The van der Waals surface area contributed by atoms with Crippen LogP contribution in [0.2, 0.25) is 0 Å². The maximum atomic E-state index is 12.5. The summed E-state index contributed by atoms with van der Waals surface area (Å²) < 4.78 is 0.869. The van der Waals surface area contributed by atoms with E-state index in [9.17, 15) is 14.7 Å². The Balaban J connectivity index is 1.87. The number of hydrogen-bond acceptors (Lipinski definition) is 4. The van der Waals surface area contributed by atoms with Crippen molar-refractivity contribution >= 4 is 39.3 Å². The van der Waals surface area contributed by atoms with Crippen molar-refractivity contribution in [2.24, 2.45) is 0 Å². The van der Waals surface area contributed by atoms with Gasteiger partial charge in [-0.15, -0.1) is 0 Å². The molecule has 160 valence electrons. The molecule has 0 aliphatic heterocycles. The Labute approximate surface area is 190 Å². The predicted octanol–water partition coefficient (Wildman–Crippen LogP) is 5.60. The van der Waals surface area contributed by atoms with Gasteiger partial charge in [0.05, 0.1) is 11.9 Å². The lowest BCUT2D eigenvalue weighted by atomic mass is 10.1. The monoisotopic (exact) mass is 481 g/mol. The number of rotatable bonds is 9. The maximum Gasteiger partial charge on any atom is 0.339 e. The van der Waals surface area contributed by atoms with E-state index in [1.165, 1.54) is 12.3 Å². The van der Waals surface area contributed by atoms with Gasteiger partial charge in [-0.3, -0.25) is 4.79 Å². The van der Waals surface area contributed by atoms with E-state index in [0.717, 1.165) is 22.9 Å². The largest absolute Gasteiger partial charge is 0.478 e. The summed E-state index contributed by atoms with van der Waals surface area (Å²) in [5, 5.41) is 12.6. The molecule has 7 heteroatoms. The van der Waals surface area contributed by atoms with Crippen LogP contribution < -0.4 is 10.2 Å². The summed E-state index contributed by atoms with van der Waals surface area (Å²) in [6.07, 6.45) is 3.40. The van der Waals surface area contributed by atoms with Gasteiger partial charge >= 0.3 is 5.97 Å². The first-order valence-corrected chi connectivity index (χ1v) is 10.9. The van der Waals surface area contributed by atoms with Crippen LogP contribution >= 0.6 is 15.9 Å². The number of aromatic carboxylic acids is 1. The van der Waals surface area contributed by atoms with Crippen molar-refractivity contribution in [3.05, 3.63) is 88.0 Å². The second kappa shape index (κ2) is 10.7. The molecule has 2 aromatic carbocycles. The van der Waals surface area contributed by atoms with E-state index in [1.807, 2.05) is 35.2 Å². The van der Waals surface area contributed by atoms with Crippen LogP contribution in [-0.2, 0) is 6.54 Å². The molecule has 0 atom stereocenters. The van der Waals surface area contributed by atoms with Crippen LogP contribution in [0, 0.1) is 0 Å². The normalized spacial score (nSPS) is 10.5. The lowest BCUT2D eigenvalue weighted by Crippen LogP contribution is -2.27. The zero-order valence-electron chi connectivity index (χ0n) is 17.2. The van der Waals surface area contributed by atoms with Gasteiger partial charge in [-0.25, -0.2) is 9.78 Å². The molecule has 1 heterocycles. The summed E-state index contributed by atoms with van der Waals surface area (Å²) in [5.74, 6) is -1.02. The molecule has 0 fully saturated rings. The molecule has 0 spiro atoms. The molecule has 6 nitrogen and oxygen atoms in total. The summed E-state index contributed by atoms with van der Waals surface area (Å²) in [5.41, 5.74) is 1.94. The zero-order valence-corrected chi connectivity index (χ0v) is 18.8. The predicted molar refractivity (Wildman–Crippen MR) is 126 cm³/mol. The third-order valence-corrected chi connectivity index (χ3v) is 5.29. The van der Waals surface area contributed by atoms with E-state index in [4.69, 9.17) is 0 Å². The van der Waals surface area contributed by atoms with Gasteiger partial charge < -0.3 is 15.3 Å². The van der Waals surface area contributed by atoms with Crippen LogP contribution in [0.15, 0.2) is 71.3 Å². The van der Waals surface area contributed by atoms with Crippen molar-refractivity contribution < 1.29 is 14.7 Å². The van der Waals surface area contributed by atoms with Gasteiger partial charge in [0.2, 0.25) is 0 Å². The number of amides is 1. The first kappa shape index (κ1) is 22.5. The fourth-order valence-corrected chi connectivity index (χ4v) is 3.42. The molecule has 0 unspecified atom stereocenters. The number of carboxylic acids is 1. The van der Waals surface area contributed by atoms with Crippen molar-refractivity contribution in [2.45, 2.75) is 26.3 Å². The molecule has 0 aliphatic carbocycles. The van der Waals surface area contributed by atoms with Gasteiger partial charge in [-0.1, -0.05) is 59.6 Å². The number of anilines is 2. The molecule has 0 saturated carbocycles. The minimum absolute atomic E-state index is 0.0561. The SMILES string of the molecule is CCCCN(Cc1ccccc1)c1ncc(NC(=O)c2ccc(Br)cc2)cc1C(=O)O. The highest BCUT2D eigenvalue weighted by molar-refractivity contribution is 9.10. The number of carbonyl (C=O) groups is 2. The number of pyridine rings is 1. The molecule has 31 heavy (non-hydrogen) atoms. The maximum absolute atomic E-state index is 12.5. The summed E-state index contributed by atoms with van der Waals surface area (Å²) in [7, 11) is 0. The number of halogens is 1. The van der Waals surface area contributed by atoms with Crippen LogP contribution in [0.5, 0.6) is 0 Å². The highest BCUT2D eigenvalue weighted by Crippen LogP contribution is 2.24. The Morgan fingerprint density at radius 3 is 2.45 bits per heavy atom. The van der Waals surface area contributed by atoms with Crippen LogP contribution in [0.1, 0.15) is 46.0 Å². The lowest BCUT2D eigenvalue weighted by molar-refractivity contribution is 0.0696. The summed E-state index contributed by atoms with van der Waals surface area (Å²) >= 11 is 3.34. The summed E-state index contributed by atoms with van der Waals surface area (Å²) in [4.78, 5) is 30.9. The zero-order chi connectivity index (χ0) is 22.2. The number of benzene rings is 2. The topological polar surface area (TPSA) is 82.5 Å². The molecule has 2 N–H and O–H groups in total. The number of carbonyl (C=O) groups excluding carboxylic acids is 1. The molecule has 1 amide bonds. The Kier molecular flexibility index (Phi) is 7.78. The van der Waals surface area contributed by atoms with Gasteiger partial charge in [0, 0.05) is 23.1 Å². The molecule has 1 aromatic heterocycles. The fraction of sp³-hybridized carbons (Fsp3) is 0.208. The number of unbranched alkanes of at least 4 members (excludes halogenated alkanes) is 1. The van der Waals surface area contributed by atoms with Crippen molar-refractivity contribution in [1.29, 1.82) is 0 Å². The highest BCUT2D eigenvalue weighted by atomic mass is 79.9. The molecular formula is C24H24BrN3O3. The van der Waals surface area contributed by atoms with Gasteiger partial charge in [0.25, 0.3) is 5.91 Å². The number of carboxylic acid groups (broad SMARTS) is 1. The second-order valence-electron chi connectivity index (χ2n) is 7.12. The van der Waals surface area contributed by atoms with Crippen molar-refractivity contribution in [1.82, 2.24) is 4.98 Å². The molecule has 3 rings (SSSR count). The van der Waals surface area contributed by atoms with Gasteiger partial charge in [0.1, 0.15) is 11.4 Å². The molecule has 0 aliphatic rings. The van der Waals surface area contributed by atoms with E-state index in [2.05, 4.69) is 33.2 Å². The van der Waals surface area contributed by atoms with Crippen molar-refractivity contribution in [2.75, 3.05) is 16.8 Å². The summed E-state index contributed by atoms with van der Waals surface area (Å²) in [6, 6.07) is 18.3. The average molecular weight is 482 g/mol. The smallest absolute Gasteiger partial charge is 0.339 e. The molecular weight excluding hydrogens is 458 g/mol. The molecule has 3 aromatic rings. The van der Waals surface area contributed by atoms with Crippen LogP contribution in [0.4, 0.5) is 11.5 Å². The highest BCUT2D eigenvalue weighted by Gasteiger charge is 2.19. The second-order valence-corrected chi connectivity index (χ2v) is 8.04. The molecule has 0 saturated heterocycles. The van der Waals surface area contributed by atoms with Crippen LogP contribution in [0.3, 0.4) is 0 Å². The van der Waals surface area contributed by atoms with E-state index >= 15 is 0 Å². The van der Waals surface area contributed by atoms with Gasteiger partial charge in [-0.05, 0) is 42.3 Å². The van der Waals surface area contributed by atoms with Crippen molar-refractivity contribution in [3.63, 3.8) is 0 Å². The minimum Gasteiger partial charge on any atom is -0.478 e. The number of aromatic nitrogens is 1. The first-order chi connectivity index (χ1) is 15.0. The lowest BCUT2D eigenvalue weighted by Gasteiger charge is -2.25. The van der Waals surface area contributed by atoms with E-state index in [0.29, 0.717) is 30.2 Å². The van der Waals surface area contributed by atoms with E-state index in [1.54, 1.807) is 24.3 Å². The average Bonchev–Trinajstić information content (AvgIpc) is 2.77. The van der Waals surface area contributed by atoms with E-state index < -0.39 is 5.97 Å². The third-order valence-electron chi connectivity index (χ3n) is 4.76. The Morgan fingerprint density at radius 1 is 1.10 bits per heavy atom. The Bertz CT molecular complexity index is 1040. The quantitative estimate of drug-likeness (QED) is 0.415. The van der Waals surface area contributed by atoms with E-state index in [-0.39, 0.29) is 11.5 Å². The standard InChI is InChI=1S/C24H24BrN3O3/c1-2-3-13-28(16-17-7-5-4-6-8-17)22-21(24(30)31)14-20(15-26-22)27-23(29)18-9-11-19(25)12-10-18/h4-12,14-15H,2-3,13,16H2,1H3,(H,27,29)(H,30,31). The Morgan fingerprint density at radius 2 is 1.81 bits per heavy atom. The molecule has 0 bridgehead atoms. The van der Waals surface area contributed by atoms with Gasteiger partial charge in [-0.2, -0.15) is 0 Å². The first-order valence-electron chi connectivity index (χ1n) is 10.1. The fourth-order valence-electron chi connectivity index (χ4n) is 3.15. The minimum atomic E-state index is -1.09. The number of hydrogen-bond donors (Lipinski definition) is 2.